The molecule has 2 atom stereocenters. The maximum atomic E-state index is 12.1. The van der Waals surface area contributed by atoms with E-state index in [1.54, 1.807) is 0 Å². The lowest BCUT2D eigenvalue weighted by Crippen LogP contribution is -2.44. The molecule has 2 N–H and O–H groups in total. The molecule has 1 aromatic carbocycles. The number of nitro benzene ring substituents is 1. The predicted molar refractivity (Wildman–Crippen MR) is 71.7 cm³/mol. The van der Waals surface area contributed by atoms with Gasteiger partial charge >= 0.3 is 0 Å². The van der Waals surface area contributed by atoms with Gasteiger partial charge in [0.05, 0.1) is 15.9 Å². The van der Waals surface area contributed by atoms with Gasteiger partial charge in [-0.05, 0) is 25.0 Å². The molecular weight excluding hydrogens is 284 g/mol. The van der Waals surface area contributed by atoms with Gasteiger partial charge in [0.15, 0.2) is 0 Å². The van der Waals surface area contributed by atoms with Gasteiger partial charge in [-0.1, -0.05) is 12.8 Å². The van der Waals surface area contributed by atoms with E-state index in [-0.39, 0.29) is 10.6 Å². The first-order chi connectivity index (χ1) is 9.40. The van der Waals surface area contributed by atoms with Gasteiger partial charge in [-0.25, -0.2) is 13.1 Å². The van der Waals surface area contributed by atoms with Crippen molar-refractivity contribution < 1.29 is 18.4 Å². The Kier molecular flexibility index (Phi) is 4.36. The number of sulfonamides is 1. The molecular formula is C12H16N2O5S. The number of nitrogens with one attached hydrogen (secondary N) is 1. The Balaban J connectivity index is 2.15. The summed E-state index contributed by atoms with van der Waals surface area (Å²) >= 11 is 0. The fraction of sp³-hybridized carbons (Fsp3) is 0.500. The van der Waals surface area contributed by atoms with E-state index in [0.29, 0.717) is 12.8 Å². The summed E-state index contributed by atoms with van der Waals surface area (Å²) in [7, 11) is -3.77. The van der Waals surface area contributed by atoms with E-state index in [0.717, 1.165) is 25.0 Å². The zero-order valence-electron chi connectivity index (χ0n) is 10.7. The van der Waals surface area contributed by atoms with Crippen LogP contribution in [0.4, 0.5) is 5.69 Å². The Morgan fingerprint density at radius 2 is 1.80 bits per heavy atom. The molecule has 0 amide bonds. The second-order valence-electron chi connectivity index (χ2n) is 4.83. The van der Waals surface area contributed by atoms with E-state index in [4.69, 9.17) is 0 Å². The van der Waals surface area contributed by atoms with Crippen LogP contribution in [0.5, 0.6) is 0 Å². The van der Waals surface area contributed by atoms with Gasteiger partial charge in [0.2, 0.25) is 10.0 Å². The van der Waals surface area contributed by atoms with Gasteiger partial charge in [0, 0.05) is 18.2 Å². The average Bonchev–Trinajstić information content (AvgIpc) is 2.41. The number of non-ortho nitro benzene ring substituents is 1. The van der Waals surface area contributed by atoms with Crippen LogP contribution in [0.3, 0.4) is 0 Å². The van der Waals surface area contributed by atoms with E-state index in [1.807, 2.05) is 0 Å². The van der Waals surface area contributed by atoms with Crippen LogP contribution in [0.1, 0.15) is 25.7 Å². The molecule has 7 nitrogen and oxygen atoms in total. The Morgan fingerprint density at radius 1 is 1.20 bits per heavy atom. The van der Waals surface area contributed by atoms with Gasteiger partial charge < -0.3 is 5.11 Å². The highest BCUT2D eigenvalue weighted by Crippen LogP contribution is 2.21. The highest BCUT2D eigenvalue weighted by Gasteiger charge is 2.28. The standard InChI is InChI=1S/C12H16N2O5S/c15-12-4-2-1-3-11(12)13-20(18,19)10-7-5-9(6-8-10)14(16)17/h5-8,11-13,15H,1-4H2/t11-,12+/m1/s1. The molecule has 0 aromatic heterocycles. The maximum absolute atomic E-state index is 12.1. The van der Waals surface area contributed by atoms with E-state index in [9.17, 15) is 23.6 Å². The van der Waals surface area contributed by atoms with Gasteiger partial charge in [0.25, 0.3) is 5.69 Å². The lowest BCUT2D eigenvalue weighted by molar-refractivity contribution is -0.384. The molecule has 0 unspecified atom stereocenters. The van der Waals surface area contributed by atoms with Crippen molar-refractivity contribution in [1.29, 1.82) is 0 Å². The van der Waals surface area contributed by atoms with Crippen molar-refractivity contribution >= 4 is 15.7 Å². The minimum Gasteiger partial charge on any atom is -0.391 e. The van der Waals surface area contributed by atoms with Crippen LogP contribution < -0.4 is 4.72 Å². The molecule has 0 heterocycles. The van der Waals surface area contributed by atoms with Crippen molar-refractivity contribution in [3.63, 3.8) is 0 Å². The molecule has 8 heteroatoms. The molecule has 1 aromatic rings. The number of nitrogens with zero attached hydrogens (tertiary/aromatic N) is 1. The summed E-state index contributed by atoms with van der Waals surface area (Å²) in [4.78, 5) is 9.90. The third kappa shape index (κ3) is 3.33. The van der Waals surface area contributed by atoms with E-state index in [2.05, 4.69) is 4.72 Å². The third-order valence-corrected chi connectivity index (χ3v) is 4.90. The van der Waals surface area contributed by atoms with E-state index < -0.39 is 27.1 Å². The Morgan fingerprint density at radius 3 is 2.35 bits per heavy atom. The van der Waals surface area contributed by atoms with Crippen LogP contribution in [0.2, 0.25) is 0 Å². The topological polar surface area (TPSA) is 110 Å². The number of nitro groups is 1. The molecule has 0 saturated heterocycles. The summed E-state index contributed by atoms with van der Waals surface area (Å²) < 4.78 is 26.7. The second kappa shape index (κ2) is 5.86. The van der Waals surface area contributed by atoms with Crippen LogP contribution >= 0.6 is 0 Å². The summed E-state index contributed by atoms with van der Waals surface area (Å²) in [5, 5.41) is 20.3. The largest absolute Gasteiger partial charge is 0.391 e. The summed E-state index contributed by atoms with van der Waals surface area (Å²) in [5.41, 5.74) is -0.165. The molecule has 0 bridgehead atoms. The zero-order valence-corrected chi connectivity index (χ0v) is 11.5. The van der Waals surface area contributed by atoms with Crippen LogP contribution in [-0.4, -0.2) is 30.6 Å². The predicted octanol–water partition coefficient (Wildman–Crippen LogP) is 1.18. The number of rotatable bonds is 4. The van der Waals surface area contributed by atoms with Crippen LogP contribution in [0.15, 0.2) is 29.2 Å². The van der Waals surface area contributed by atoms with Crippen molar-refractivity contribution in [1.82, 2.24) is 4.72 Å². The Hall–Kier alpha value is -1.51. The molecule has 20 heavy (non-hydrogen) atoms. The zero-order chi connectivity index (χ0) is 14.8. The van der Waals surface area contributed by atoms with E-state index >= 15 is 0 Å². The first kappa shape index (κ1) is 14.9. The molecule has 0 aliphatic heterocycles. The van der Waals surface area contributed by atoms with Crippen LogP contribution in [-0.2, 0) is 10.0 Å². The first-order valence-electron chi connectivity index (χ1n) is 6.35. The molecule has 0 radical (unpaired) electrons. The monoisotopic (exact) mass is 300 g/mol. The Bertz CT molecular complexity index is 584. The molecule has 1 saturated carbocycles. The van der Waals surface area contributed by atoms with Gasteiger partial charge in [-0.15, -0.1) is 0 Å². The molecule has 110 valence electrons. The number of hydrogen-bond donors (Lipinski definition) is 2. The van der Waals surface area contributed by atoms with Crippen LogP contribution in [0.25, 0.3) is 0 Å². The fourth-order valence-electron chi connectivity index (χ4n) is 2.26. The van der Waals surface area contributed by atoms with Gasteiger partial charge in [-0.2, -0.15) is 0 Å². The number of aliphatic hydroxyl groups is 1. The molecule has 2 rings (SSSR count). The molecule has 1 aliphatic carbocycles. The average molecular weight is 300 g/mol. The van der Waals surface area contributed by atoms with Gasteiger partial charge in [-0.3, -0.25) is 10.1 Å². The third-order valence-electron chi connectivity index (χ3n) is 3.39. The second-order valence-corrected chi connectivity index (χ2v) is 6.54. The summed E-state index contributed by atoms with van der Waals surface area (Å²) in [6, 6.07) is 4.17. The maximum Gasteiger partial charge on any atom is 0.269 e. The fourth-order valence-corrected chi connectivity index (χ4v) is 3.57. The minimum atomic E-state index is -3.77. The smallest absolute Gasteiger partial charge is 0.269 e. The lowest BCUT2D eigenvalue weighted by atomic mass is 9.93. The quantitative estimate of drug-likeness (QED) is 0.641. The van der Waals surface area contributed by atoms with Crippen LogP contribution in [0, 0.1) is 10.1 Å². The Labute approximate surface area is 116 Å². The molecule has 1 fully saturated rings. The number of benzene rings is 1. The SMILES string of the molecule is O=[N+]([O-])c1ccc(S(=O)(=O)N[C@@H]2CCCC[C@@H]2O)cc1. The van der Waals surface area contributed by atoms with Crippen molar-refractivity contribution in [3.05, 3.63) is 34.4 Å². The normalized spacial score (nSPS) is 23.4. The molecule has 0 spiro atoms. The lowest BCUT2D eigenvalue weighted by Gasteiger charge is -2.28. The summed E-state index contributed by atoms with van der Waals surface area (Å²) in [6.07, 6.45) is 2.24. The number of hydrogen-bond acceptors (Lipinski definition) is 5. The number of aliphatic hydroxyl groups excluding tert-OH is 1. The van der Waals surface area contributed by atoms with Crippen molar-refractivity contribution in [2.75, 3.05) is 0 Å². The summed E-state index contributed by atoms with van der Waals surface area (Å²) in [6.45, 7) is 0. The minimum absolute atomic E-state index is 0.0409. The van der Waals surface area contributed by atoms with Gasteiger partial charge in [0.1, 0.15) is 0 Å². The van der Waals surface area contributed by atoms with E-state index in [1.165, 1.54) is 12.1 Å². The van der Waals surface area contributed by atoms with Crippen molar-refractivity contribution in [3.8, 4) is 0 Å². The summed E-state index contributed by atoms with van der Waals surface area (Å²) in [5.74, 6) is 0. The molecule has 1 aliphatic rings. The van der Waals surface area contributed by atoms with Crippen molar-refractivity contribution in [2.24, 2.45) is 0 Å². The highest BCUT2D eigenvalue weighted by molar-refractivity contribution is 7.89. The first-order valence-corrected chi connectivity index (χ1v) is 7.83. The highest BCUT2D eigenvalue weighted by atomic mass is 32.2. The van der Waals surface area contributed by atoms with Crippen molar-refractivity contribution in [2.45, 2.75) is 42.7 Å².